The van der Waals surface area contributed by atoms with Crippen molar-refractivity contribution < 1.29 is 9.59 Å². The average molecular weight is 356 g/mol. The van der Waals surface area contributed by atoms with Gasteiger partial charge in [0, 0.05) is 30.6 Å². The van der Waals surface area contributed by atoms with Crippen molar-refractivity contribution >= 4 is 34.8 Å². The standard InChI is InChI=1S/C19H18ClN3O2/c1-13-7-8-16(20)11-18(13)23(14(2)24)10-9-19(25)22-17-6-4-3-5-15(17)12-21/h3-8,11H,9-10H2,1-2H3,(H,22,25). The maximum atomic E-state index is 12.2. The number of aryl methyl sites for hydroxylation is 1. The molecule has 0 radical (unpaired) electrons. The van der Waals surface area contributed by atoms with Gasteiger partial charge in [0.25, 0.3) is 0 Å². The molecule has 0 aromatic heterocycles. The predicted octanol–water partition coefficient (Wildman–Crippen LogP) is 3.90. The summed E-state index contributed by atoms with van der Waals surface area (Å²) in [4.78, 5) is 25.7. The van der Waals surface area contributed by atoms with E-state index in [1.54, 1.807) is 36.4 Å². The first kappa shape index (κ1) is 18.5. The van der Waals surface area contributed by atoms with E-state index < -0.39 is 0 Å². The van der Waals surface area contributed by atoms with Gasteiger partial charge in [-0.3, -0.25) is 9.59 Å². The lowest BCUT2D eigenvalue weighted by Crippen LogP contribution is -2.32. The first-order valence-corrected chi connectivity index (χ1v) is 8.13. The number of nitrogens with one attached hydrogen (secondary N) is 1. The third kappa shape index (κ3) is 4.82. The van der Waals surface area contributed by atoms with Gasteiger partial charge >= 0.3 is 0 Å². The first-order valence-electron chi connectivity index (χ1n) is 7.75. The Balaban J connectivity index is 2.09. The number of nitriles is 1. The molecule has 1 N–H and O–H groups in total. The van der Waals surface area contributed by atoms with Crippen LogP contribution in [0.4, 0.5) is 11.4 Å². The second kappa shape index (κ2) is 8.32. The van der Waals surface area contributed by atoms with Crippen molar-refractivity contribution in [1.29, 1.82) is 5.26 Å². The summed E-state index contributed by atoms with van der Waals surface area (Å²) >= 11 is 6.02. The Morgan fingerprint density at radius 2 is 1.96 bits per heavy atom. The Morgan fingerprint density at radius 1 is 1.24 bits per heavy atom. The van der Waals surface area contributed by atoms with Crippen LogP contribution in [-0.4, -0.2) is 18.4 Å². The zero-order valence-electron chi connectivity index (χ0n) is 14.0. The van der Waals surface area contributed by atoms with Gasteiger partial charge in [0.05, 0.1) is 11.3 Å². The number of amides is 2. The predicted molar refractivity (Wildman–Crippen MR) is 98.6 cm³/mol. The van der Waals surface area contributed by atoms with Crippen LogP contribution in [0.15, 0.2) is 42.5 Å². The van der Waals surface area contributed by atoms with E-state index >= 15 is 0 Å². The highest BCUT2D eigenvalue weighted by atomic mass is 35.5. The van der Waals surface area contributed by atoms with Gasteiger partial charge in [-0.05, 0) is 36.8 Å². The molecular weight excluding hydrogens is 338 g/mol. The van der Waals surface area contributed by atoms with Crippen LogP contribution in [0.3, 0.4) is 0 Å². The molecule has 0 fully saturated rings. The SMILES string of the molecule is CC(=O)N(CCC(=O)Nc1ccccc1C#N)c1cc(Cl)ccc1C. The molecule has 0 bridgehead atoms. The number of hydrogen-bond donors (Lipinski definition) is 1. The highest BCUT2D eigenvalue weighted by Crippen LogP contribution is 2.25. The van der Waals surface area contributed by atoms with Gasteiger partial charge < -0.3 is 10.2 Å². The van der Waals surface area contributed by atoms with Crippen LogP contribution < -0.4 is 10.2 Å². The second-order valence-electron chi connectivity index (χ2n) is 5.56. The van der Waals surface area contributed by atoms with E-state index in [0.717, 1.165) is 5.56 Å². The van der Waals surface area contributed by atoms with Gasteiger partial charge in [-0.1, -0.05) is 29.8 Å². The molecular formula is C19H18ClN3O2. The molecule has 6 heteroatoms. The number of rotatable bonds is 5. The molecule has 2 aromatic rings. The number of para-hydroxylation sites is 1. The molecule has 0 aliphatic carbocycles. The van der Waals surface area contributed by atoms with Gasteiger partial charge in [-0.15, -0.1) is 0 Å². The summed E-state index contributed by atoms with van der Waals surface area (Å²) in [6.07, 6.45) is 0.102. The van der Waals surface area contributed by atoms with E-state index in [4.69, 9.17) is 16.9 Å². The topological polar surface area (TPSA) is 73.2 Å². The van der Waals surface area contributed by atoms with Crippen molar-refractivity contribution in [2.24, 2.45) is 0 Å². The minimum absolute atomic E-state index is 0.102. The van der Waals surface area contributed by atoms with Crippen molar-refractivity contribution in [1.82, 2.24) is 0 Å². The van der Waals surface area contributed by atoms with E-state index in [2.05, 4.69) is 5.32 Å². The average Bonchev–Trinajstić information content (AvgIpc) is 2.58. The molecule has 0 atom stereocenters. The Morgan fingerprint density at radius 3 is 2.64 bits per heavy atom. The second-order valence-corrected chi connectivity index (χ2v) is 5.99. The van der Waals surface area contributed by atoms with Crippen LogP contribution in [0, 0.1) is 18.3 Å². The van der Waals surface area contributed by atoms with E-state index in [-0.39, 0.29) is 24.8 Å². The van der Waals surface area contributed by atoms with Crippen LogP contribution in [-0.2, 0) is 9.59 Å². The van der Waals surface area contributed by atoms with Crippen LogP contribution in [0.2, 0.25) is 5.02 Å². The summed E-state index contributed by atoms with van der Waals surface area (Å²) in [5.41, 5.74) is 2.44. The van der Waals surface area contributed by atoms with Crippen molar-refractivity contribution in [2.75, 3.05) is 16.8 Å². The summed E-state index contributed by atoms with van der Waals surface area (Å²) in [5, 5.41) is 12.3. The summed E-state index contributed by atoms with van der Waals surface area (Å²) in [6.45, 7) is 3.55. The monoisotopic (exact) mass is 355 g/mol. The highest BCUT2D eigenvalue weighted by molar-refractivity contribution is 6.31. The molecule has 2 aromatic carbocycles. The van der Waals surface area contributed by atoms with Crippen LogP contribution in [0.1, 0.15) is 24.5 Å². The molecule has 0 unspecified atom stereocenters. The third-order valence-corrected chi connectivity index (χ3v) is 3.96. The van der Waals surface area contributed by atoms with E-state index in [1.807, 2.05) is 19.1 Å². The van der Waals surface area contributed by atoms with Crippen LogP contribution in [0.25, 0.3) is 0 Å². The van der Waals surface area contributed by atoms with E-state index in [9.17, 15) is 9.59 Å². The van der Waals surface area contributed by atoms with Crippen molar-refractivity contribution in [3.8, 4) is 6.07 Å². The molecule has 0 saturated carbocycles. The normalized spacial score (nSPS) is 10.0. The van der Waals surface area contributed by atoms with E-state index in [1.165, 1.54) is 11.8 Å². The fraction of sp³-hybridized carbons (Fsp3) is 0.211. The number of benzene rings is 2. The Labute approximate surface area is 151 Å². The Kier molecular flexibility index (Phi) is 6.15. The summed E-state index contributed by atoms with van der Waals surface area (Å²) in [5.74, 6) is -0.441. The number of carbonyl (C=O) groups is 2. The van der Waals surface area contributed by atoms with Gasteiger partial charge in [0.1, 0.15) is 6.07 Å². The van der Waals surface area contributed by atoms with Crippen molar-refractivity contribution in [2.45, 2.75) is 20.3 Å². The fourth-order valence-corrected chi connectivity index (χ4v) is 2.60. The largest absolute Gasteiger partial charge is 0.325 e. The Hall–Kier alpha value is -2.84. The van der Waals surface area contributed by atoms with Gasteiger partial charge in [-0.25, -0.2) is 0 Å². The molecule has 25 heavy (non-hydrogen) atoms. The smallest absolute Gasteiger partial charge is 0.226 e. The van der Waals surface area contributed by atoms with Crippen molar-refractivity contribution in [3.63, 3.8) is 0 Å². The molecule has 0 aliphatic heterocycles. The zero-order valence-corrected chi connectivity index (χ0v) is 14.8. The molecule has 0 heterocycles. The quantitative estimate of drug-likeness (QED) is 0.883. The minimum atomic E-state index is -0.270. The number of anilines is 2. The number of hydrogen-bond acceptors (Lipinski definition) is 3. The Bertz CT molecular complexity index is 843. The lowest BCUT2D eigenvalue weighted by molar-refractivity contribution is -0.117. The molecule has 128 valence electrons. The third-order valence-electron chi connectivity index (χ3n) is 3.73. The molecule has 0 aliphatic rings. The highest BCUT2D eigenvalue weighted by Gasteiger charge is 2.16. The van der Waals surface area contributed by atoms with Gasteiger partial charge in [0.15, 0.2) is 0 Å². The van der Waals surface area contributed by atoms with E-state index in [0.29, 0.717) is 22.0 Å². The summed E-state index contributed by atoms with van der Waals surface area (Å²) < 4.78 is 0. The lowest BCUT2D eigenvalue weighted by atomic mass is 10.1. The molecule has 2 amide bonds. The number of halogens is 1. The maximum absolute atomic E-state index is 12.2. The molecule has 5 nitrogen and oxygen atoms in total. The molecule has 2 rings (SSSR count). The lowest BCUT2D eigenvalue weighted by Gasteiger charge is -2.23. The number of nitrogens with zero attached hydrogens (tertiary/aromatic N) is 2. The molecule has 0 saturated heterocycles. The fourth-order valence-electron chi connectivity index (χ4n) is 2.44. The first-order chi connectivity index (χ1) is 11.9. The van der Waals surface area contributed by atoms with Crippen molar-refractivity contribution in [3.05, 3.63) is 58.6 Å². The van der Waals surface area contributed by atoms with Crippen LogP contribution >= 0.6 is 11.6 Å². The van der Waals surface area contributed by atoms with Gasteiger partial charge in [-0.2, -0.15) is 5.26 Å². The van der Waals surface area contributed by atoms with Crippen LogP contribution in [0.5, 0.6) is 0 Å². The zero-order chi connectivity index (χ0) is 18.4. The van der Waals surface area contributed by atoms with Gasteiger partial charge in [0.2, 0.25) is 11.8 Å². The summed E-state index contributed by atoms with van der Waals surface area (Å²) in [7, 11) is 0. The number of carbonyl (C=O) groups excluding carboxylic acids is 2. The minimum Gasteiger partial charge on any atom is -0.325 e. The maximum Gasteiger partial charge on any atom is 0.226 e. The summed E-state index contributed by atoms with van der Waals surface area (Å²) in [6, 6.07) is 14.1. The molecule has 0 spiro atoms.